The van der Waals surface area contributed by atoms with Crippen LogP contribution in [0.5, 0.6) is 0 Å². The Bertz CT molecular complexity index is 505. The zero-order valence-electron chi connectivity index (χ0n) is 13.5. The molecule has 2 N–H and O–H groups in total. The molecule has 0 aromatic carbocycles. The number of fused-ring (bicyclic) bond motifs is 2. The van der Waals surface area contributed by atoms with Crippen LogP contribution < -0.4 is 0 Å². The number of aliphatic carboxylic acids is 1. The molecule has 22 heavy (non-hydrogen) atoms. The third-order valence-corrected chi connectivity index (χ3v) is 5.63. The molecule has 0 radical (unpaired) electrons. The third-order valence-electron chi connectivity index (χ3n) is 5.63. The number of hydrogen-bond acceptors (Lipinski definition) is 4. The zero-order chi connectivity index (χ0) is 16.3. The molecule has 1 aliphatic heterocycles. The van der Waals surface area contributed by atoms with E-state index in [1.165, 1.54) is 4.90 Å². The van der Waals surface area contributed by atoms with Crippen LogP contribution in [0.2, 0.25) is 0 Å². The predicted octanol–water partition coefficient (Wildman–Crippen LogP) is 1.86. The fraction of sp³-hybridized carbons (Fsp3) is 0.875. The highest BCUT2D eigenvalue weighted by Crippen LogP contribution is 2.60. The Labute approximate surface area is 130 Å². The van der Waals surface area contributed by atoms with Crippen molar-refractivity contribution in [3.63, 3.8) is 0 Å². The van der Waals surface area contributed by atoms with Crippen LogP contribution in [0.1, 0.15) is 46.5 Å². The molecule has 3 unspecified atom stereocenters. The summed E-state index contributed by atoms with van der Waals surface area (Å²) in [7, 11) is 0. The van der Waals surface area contributed by atoms with Crippen molar-refractivity contribution in [2.75, 3.05) is 13.1 Å². The lowest BCUT2D eigenvalue weighted by Crippen LogP contribution is -2.73. The van der Waals surface area contributed by atoms with E-state index in [9.17, 15) is 19.8 Å². The van der Waals surface area contributed by atoms with E-state index < -0.39 is 28.7 Å². The minimum absolute atomic E-state index is 0.0387. The SMILES string of the molecule is CC(C)(C)OC(=O)N1CC(C(=O)O)(C2(O)CC3CCC2C3)C1. The fourth-order valence-corrected chi connectivity index (χ4v) is 4.54. The number of ether oxygens (including phenoxy) is 1. The van der Waals surface area contributed by atoms with Gasteiger partial charge in [-0.15, -0.1) is 0 Å². The van der Waals surface area contributed by atoms with Crippen LogP contribution in [0.15, 0.2) is 0 Å². The van der Waals surface area contributed by atoms with Gasteiger partial charge in [-0.1, -0.05) is 0 Å². The number of hydrogen-bond donors (Lipinski definition) is 2. The van der Waals surface area contributed by atoms with Crippen molar-refractivity contribution in [3.05, 3.63) is 0 Å². The van der Waals surface area contributed by atoms with Gasteiger partial charge >= 0.3 is 12.1 Å². The summed E-state index contributed by atoms with van der Waals surface area (Å²) in [5.41, 5.74) is -3.02. The monoisotopic (exact) mass is 311 g/mol. The average molecular weight is 311 g/mol. The first-order valence-corrected chi connectivity index (χ1v) is 8.01. The molecule has 124 valence electrons. The summed E-state index contributed by atoms with van der Waals surface area (Å²) >= 11 is 0. The normalized spacial score (nSPS) is 36.1. The number of carbonyl (C=O) groups is 2. The predicted molar refractivity (Wildman–Crippen MR) is 78.3 cm³/mol. The minimum Gasteiger partial charge on any atom is -0.481 e. The van der Waals surface area contributed by atoms with Crippen LogP contribution in [-0.2, 0) is 9.53 Å². The second kappa shape index (κ2) is 4.60. The van der Waals surface area contributed by atoms with Crippen molar-refractivity contribution in [1.82, 2.24) is 4.90 Å². The molecule has 2 aliphatic carbocycles. The standard InChI is InChI=1S/C16H25NO5/c1-14(2,3)22-13(20)17-8-15(9-17,12(18)19)16(21)7-10-4-5-11(16)6-10/h10-11,21H,4-9H2,1-3H3,(H,18,19). The maximum Gasteiger partial charge on any atom is 0.410 e. The number of amides is 1. The zero-order valence-corrected chi connectivity index (χ0v) is 13.5. The molecule has 2 bridgehead atoms. The van der Waals surface area contributed by atoms with E-state index >= 15 is 0 Å². The summed E-state index contributed by atoms with van der Waals surface area (Å²) in [5, 5.41) is 20.8. The average Bonchev–Trinajstić information content (AvgIpc) is 2.83. The van der Waals surface area contributed by atoms with Crippen LogP contribution in [0, 0.1) is 17.3 Å². The number of likely N-dealkylation sites (tertiary alicyclic amines) is 1. The molecule has 6 heteroatoms. The molecule has 3 atom stereocenters. The van der Waals surface area contributed by atoms with Crippen molar-refractivity contribution in [2.45, 2.75) is 57.7 Å². The molecule has 2 saturated carbocycles. The Morgan fingerprint density at radius 2 is 1.86 bits per heavy atom. The van der Waals surface area contributed by atoms with Gasteiger partial charge in [0.25, 0.3) is 0 Å². The highest BCUT2D eigenvalue weighted by Gasteiger charge is 2.70. The Morgan fingerprint density at radius 1 is 1.23 bits per heavy atom. The number of aliphatic hydroxyl groups is 1. The number of nitrogens with zero attached hydrogens (tertiary/aromatic N) is 1. The van der Waals surface area contributed by atoms with E-state index in [-0.39, 0.29) is 19.0 Å². The van der Waals surface area contributed by atoms with Crippen molar-refractivity contribution in [2.24, 2.45) is 17.3 Å². The van der Waals surface area contributed by atoms with Gasteiger partial charge in [0.05, 0.1) is 5.60 Å². The number of carbonyl (C=O) groups excluding carboxylic acids is 1. The third kappa shape index (κ3) is 2.11. The molecule has 3 fully saturated rings. The molecular weight excluding hydrogens is 286 g/mol. The van der Waals surface area contributed by atoms with E-state index in [1.807, 2.05) is 0 Å². The van der Waals surface area contributed by atoms with Crippen LogP contribution in [0.4, 0.5) is 4.79 Å². The molecule has 6 nitrogen and oxygen atoms in total. The minimum atomic E-state index is -1.23. The lowest BCUT2D eigenvalue weighted by atomic mass is 9.60. The quantitative estimate of drug-likeness (QED) is 0.813. The molecule has 3 aliphatic rings. The molecule has 3 rings (SSSR count). The summed E-state index contributed by atoms with van der Waals surface area (Å²) in [4.78, 5) is 25.3. The van der Waals surface area contributed by atoms with Gasteiger partial charge in [0.1, 0.15) is 11.0 Å². The number of carboxylic acids is 1. The topological polar surface area (TPSA) is 87.1 Å². The summed E-state index contributed by atoms with van der Waals surface area (Å²) in [6, 6.07) is 0. The molecular formula is C16H25NO5. The summed E-state index contributed by atoms with van der Waals surface area (Å²) in [6.45, 7) is 5.41. The van der Waals surface area contributed by atoms with E-state index in [4.69, 9.17) is 4.74 Å². The van der Waals surface area contributed by atoms with Crippen molar-refractivity contribution < 1.29 is 24.5 Å². The van der Waals surface area contributed by atoms with Crippen molar-refractivity contribution in [1.29, 1.82) is 0 Å². The van der Waals surface area contributed by atoms with E-state index in [2.05, 4.69) is 0 Å². The van der Waals surface area contributed by atoms with Gasteiger partial charge in [0.15, 0.2) is 0 Å². The van der Waals surface area contributed by atoms with Crippen molar-refractivity contribution in [3.8, 4) is 0 Å². The first kappa shape index (κ1) is 15.6. The molecule has 0 aromatic heterocycles. The highest BCUT2D eigenvalue weighted by atomic mass is 16.6. The van der Waals surface area contributed by atoms with Crippen molar-refractivity contribution >= 4 is 12.1 Å². The first-order valence-electron chi connectivity index (χ1n) is 8.01. The summed E-state index contributed by atoms with van der Waals surface area (Å²) in [6.07, 6.45) is 2.93. The summed E-state index contributed by atoms with van der Waals surface area (Å²) < 4.78 is 5.28. The molecule has 1 amide bonds. The maximum absolute atomic E-state index is 12.1. The summed E-state index contributed by atoms with van der Waals surface area (Å²) in [5.74, 6) is -0.515. The second-order valence-corrected chi connectivity index (χ2v) is 8.23. The Kier molecular flexibility index (Phi) is 3.26. The largest absolute Gasteiger partial charge is 0.481 e. The lowest BCUT2D eigenvalue weighted by molar-refractivity contribution is -0.206. The van der Waals surface area contributed by atoms with Gasteiger partial charge in [0.2, 0.25) is 0 Å². The van der Waals surface area contributed by atoms with Crippen LogP contribution in [0.25, 0.3) is 0 Å². The van der Waals surface area contributed by atoms with Gasteiger partial charge in [-0.2, -0.15) is 0 Å². The number of carboxylic acid groups (broad SMARTS) is 1. The smallest absolute Gasteiger partial charge is 0.410 e. The first-order chi connectivity index (χ1) is 10.1. The van der Waals surface area contributed by atoms with Gasteiger partial charge in [-0.25, -0.2) is 4.79 Å². The lowest BCUT2D eigenvalue weighted by Gasteiger charge is -2.56. The van der Waals surface area contributed by atoms with E-state index in [0.29, 0.717) is 12.3 Å². The second-order valence-electron chi connectivity index (χ2n) is 8.23. The van der Waals surface area contributed by atoms with Gasteiger partial charge < -0.3 is 19.8 Å². The maximum atomic E-state index is 12.1. The molecule has 1 heterocycles. The number of rotatable bonds is 2. The molecule has 1 saturated heterocycles. The fourth-order valence-electron chi connectivity index (χ4n) is 4.54. The van der Waals surface area contributed by atoms with Gasteiger partial charge in [0, 0.05) is 13.1 Å². The van der Waals surface area contributed by atoms with E-state index in [0.717, 1.165) is 19.3 Å². The highest BCUT2D eigenvalue weighted by molar-refractivity contribution is 5.82. The van der Waals surface area contributed by atoms with Crippen LogP contribution >= 0.6 is 0 Å². The Balaban J connectivity index is 1.75. The van der Waals surface area contributed by atoms with Crippen LogP contribution in [-0.4, -0.2) is 51.5 Å². The van der Waals surface area contributed by atoms with Gasteiger partial charge in [-0.05, 0) is 58.3 Å². The molecule has 0 spiro atoms. The van der Waals surface area contributed by atoms with E-state index in [1.54, 1.807) is 20.8 Å². The van der Waals surface area contributed by atoms with Gasteiger partial charge in [-0.3, -0.25) is 4.79 Å². The van der Waals surface area contributed by atoms with Crippen LogP contribution in [0.3, 0.4) is 0 Å². The Hall–Kier alpha value is -1.30. The Morgan fingerprint density at radius 3 is 2.27 bits per heavy atom. The molecule has 0 aromatic rings.